The lowest BCUT2D eigenvalue weighted by atomic mass is 9.87. The van der Waals surface area contributed by atoms with Crippen molar-refractivity contribution in [3.8, 4) is 11.1 Å². The van der Waals surface area contributed by atoms with Crippen molar-refractivity contribution in [2.24, 2.45) is 5.92 Å². The fraction of sp³-hybridized carbons (Fsp3) is 0.458. The molecule has 1 aromatic heterocycles. The number of pyridine rings is 1. The minimum atomic E-state index is -0.261. The zero-order chi connectivity index (χ0) is 20.1. The van der Waals surface area contributed by atoms with E-state index in [1.807, 2.05) is 0 Å². The van der Waals surface area contributed by atoms with E-state index in [1.54, 1.807) is 12.1 Å². The SMILES string of the molecule is CC(C)C/C=C/c1c(C(C)C)nc(C(C)C)c(CO)c1-c1ccc(F)cc1. The summed E-state index contributed by atoms with van der Waals surface area (Å²) in [5.74, 6) is 0.743. The van der Waals surface area contributed by atoms with Gasteiger partial charge in [0.25, 0.3) is 0 Å². The van der Waals surface area contributed by atoms with Crippen LogP contribution in [0.1, 0.15) is 82.3 Å². The third-order valence-electron chi connectivity index (χ3n) is 4.67. The summed E-state index contributed by atoms with van der Waals surface area (Å²) in [7, 11) is 0. The molecule has 27 heavy (non-hydrogen) atoms. The highest BCUT2D eigenvalue weighted by molar-refractivity contribution is 5.80. The fourth-order valence-electron chi connectivity index (χ4n) is 3.33. The summed E-state index contributed by atoms with van der Waals surface area (Å²) in [6, 6.07) is 6.53. The zero-order valence-corrected chi connectivity index (χ0v) is 17.4. The molecule has 0 unspecified atom stereocenters. The molecule has 0 fully saturated rings. The highest BCUT2D eigenvalue weighted by Gasteiger charge is 2.22. The van der Waals surface area contributed by atoms with Crippen molar-refractivity contribution in [3.05, 3.63) is 58.7 Å². The van der Waals surface area contributed by atoms with Crippen molar-refractivity contribution in [1.82, 2.24) is 4.98 Å². The third kappa shape index (κ3) is 5.04. The zero-order valence-electron chi connectivity index (χ0n) is 17.4. The van der Waals surface area contributed by atoms with Gasteiger partial charge in [0.15, 0.2) is 0 Å². The van der Waals surface area contributed by atoms with E-state index >= 15 is 0 Å². The average Bonchev–Trinajstić information content (AvgIpc) is 2.60. The molecule has 1 heterocycles. The Labute approximate surface area is 163 Å². The van der Waals surface area contributed by atoms with Gasteiger partial charge in [0.2, 0.25) is 0 Å². The molecule has 2 aromatic rings. The molecule has 0 bridgehead atoms. The van der Waals surface area contributed by atoms with Gasteiger partial charge in [-0.2, -0.15) is 0 Å². The number of aliphatic hydroxyl groups excluding tert-OH is 1. The van der Waals surface area contributed by atoms with Crippen LogP contribution in [0.2, 0.25) is 0 Å². The lowest BCUT2D eigenvalue weighted by Gasteiger charge is -2.23. The molecule has 3 heteroatoms. The number of allylic oxidation sites excluding steroid dienone is 1. The maximum absolute atomic E-state index is 13.5. The van der Waals surface area contributed by atoms with Crippen molar-refractivity contribution in [3.63, 3.8) is 0 Å². The van der Waals surface area contributed by atoms with E-state index in [2.05, 4.69) is 53.7 Å². The van der Waals surface area contributed by atoms with Crippen molar-refractivity contribution < 1.29 is 9.50 Å². The van der Waals surface area contributed by atoms with Crippen molar-refractivity contribution in [2.45, 2.75) is 66.4 Å². The van der Waals surface area contributed by atoms with Crippen molar-refractivity contribution in [2.75, 3.05) is 0 Å². The number of hydrogen-bond donors (Lipinski definition) is 1. The highest BCUT2D eigenvalue weighted by Crippen LogP contribution is 2.37. The number of aromatic nitrogens is 1. The molecular formula is C24H32FNO. The predicted molar refractivity (Wildman–Crippen MR) is 112 cm³/mol. The number of benzene rings is 1. The van der Waals surface area contributed by atoms with Gasteiger partial charge in [0, 0.05) is 16.8 Å². The predicted octanol–water partition coefficient (Wildman–Crippen LogP) is 6.69. The summed E-state index contributed by atoms with van der Waals surface area (Å²) in [4.78, 5) is 4.96. The van der Waals surface area contributed by atoms with Crippen LogP contribution in [-0.2, 0) is 6.61 Å². The van der Waals surface area contributed by atoms with Gasteiger partial charge >= 0.3 is 0 Å². The second-order valence-corrected chi connectivity index (χ2v) is 8.16. The topological polar surface area (TPSA) is 33.1 Å². The number of halogens is 1. The number of nitrogens with zero attached hydrogens (tertiary/aromatic N) is 1. The monoisotopic (exact) mass is 369 g/mol. The summed E-state index contributed by atoms with van der Waals surface area (Å²) >= 11 is 0. The molecule has 0 spiro atoms. The Kier molecular flexibility index (Phi) is 7.32. The molecule has 1 N–H and O–H groups in total. The van der Waals surface area contributed by atoms with Gasteiger partial charge < -0.3 is 5.11 Å². The summed E-state index contributed by atoms with van der Waals surface area (Å²) in [5, 5.41) is 10.2. The van der Waals surface area contributed by atoms with Gasteiger partial charge in [-0.15, -0.1) is 0 Å². The van der Waals surface area contributed by atoms with E-state index in [-0.39, 0.29) is 24.3 Å². The van der Waals surface area contributed by atoms with Crippen molar-refractivity contribution >= 4 is 6.08 Å². The first kappa shape index (κ1) is 21.3. The van der Waals surface area contributed by atoms with Gasteiger partial charge in [0.1, 0.15) is 5.82 Å². The lowest BCUT2D eigenvalue weighted by molar-refractivity contribution is 0.280. The molecule has 0 aliphatic carbocycles. The molecule has 0 atom stereocenters. The fourth-order valence-corrected chi connectivity index (χ4v) is 3.33. The average molecular weight is 370 g/mol. The highest BCUT2D eigenvalue weighted by atomic mass is 19.1. The van der Waals surface area contributed by atoms with Gasteiger partial charge in [-0.1, -0.05) is 65.8 Å². The molecule has 0 saturated heterocycles. The first-order valence-electron chi connectivity index (χ1n) is 9.86. The van der Waals surface area contributed by atoms with Crippen LogP contribution in [0.25, 0.3) is 17.2 Å². The largest absolute Gasteiger partial charge is 0.392 e. The standard InChI is InChI=1S/C24H32FNO/c1-15(2)8-7-9-20-22(18-10-12-19(25)13-11-18)21(14-27)24(17(5)6)26-23(20)16(3)4/h7,9-13,15-17,27H,8,14H2,1-6H3/b9-7+. The Bertz CT molecular complexity index is 789. The molecule has 0 aliphatic heterocycles. The molecule has 0 amide bonds. The summed E-state index contributed by atoms with van der Waals surface area (Å²) in [6.07, 6.45) is 5.28. The third-order valence-corrected chi connectivity index (χ3v) is 4.67. The van der Waals surface area contributed by atoms with Crippen LogP contribution in [0.4, 0.5) is 4.39 Å². The van der Waals surface area contributed by atoms with E-state index in [4.69, 9.17) is 4.98 Å². The van der Waals surface area contributed by atoms with Crippen LogP contribution >= 0.6 is 0 Å². The lowest BCUT2D eigenvalue weighted by Crippen LogP contribution is -2.10. The second kappa shape index (κ2) is 9.27. The van der Waals surface area contributed by atoms with E-state index in [0.717, 1.165) is 40.1 Å². The Hall–Kier alpha value is -2.00. The summed E-state index contributed by atoms with van der Waals surface area (Å²) in [6.45, 7) is 12.7. The van der Waals surface area contributed by atoms with Crippen molar-refractivity contribution in [1.29, 1.82) is 0 Å². The van der Waals surface area contributed by atoms with Crippen LogP contribution in [0.15, 0.2) is 30.3 Å². The molecule has 2 rings (SSSR count). The van der Waals surface area contributed by atoms with Gasteiger partial charge in [-0.25, -0.2) is 4.39 Å². The van der Waals surface area contributed by atoms with Crippen LogP contribution < -0.4 is 0 Å². The molecule has 146 valence electrons. The van der Waals surface area contributed by atoms with Crippen LogP contribution in [0.5, 0.6) is 0 Å². The molecule has 0 radical (unpaired) electrons. The quantitative estimate of drug-likeness (QED) is 0.590. The summed E-state index contributed by atoms with van der Waals surface area (Å²) < 4.78 is 13.5. The molecule has 0 aliphatic rings. The minimum absolute atomic E-state index is 0.0867. The molecular weight excluding hydrogens is 337 g/mol. The number of rotatable bonds is 7. The summed E-state index contributed by atoms with van der Waals surface area (Å²) in [5.41, 5.74) is 5.70. The van der Waals surface area contributed by atoms with Gasteiger partial charge in [0.05, 0.1) is 12.3 Å². The van der Waals surface area contributed by atoms with Crippen LogP contribution in [0, 0.1) is 11.7 Å². The van der Waals surface area contributed by atoms with E-state index < -0.39 is 0 Å². The van der Waals surface area contributed by atoms with E-state index in [1.165, 1.54) is 12.1 Å². The Balaban J connectivity index is 2.84. The van der Waals surface area contributed by atoms with Crippen LogP contribution in [-0.4, -0.2) is 10.1 Å². The molecule has 1 aromatic carbocycles. The maximum atomic E-state index is 13.5. The molecule has 0 saturated carbocycles. The Morgan fingerprint density at radius 2 is 1.56 bits per heavy atom. The first-order valence-corrected chi connectivity index (χ1v) is 9.86. The Morgan fingerprint density at radius 1 is 0.963 bits per heavy atom. The van der Waals surface area contributed by atoms with E-state index in [9.17, 15) is 9.50 Å². The van der Waals surface area contributed by atoms with Gasteiger partial charge in [-0.05, 0) is 47.4 Å². The minimum Gasteiger partial charge on any atom is -0.392 e. The molecule has 2 nitrogen and oxygen atoms in total. The van der Waals surface area contributed by atoms with Crippen LogP contribution in [0.3, 0.4) is 0 Å². The second-order valence-electron chi connectivity index (χ2n) is 8.16. The maximum Gasteiger partial charge on any atom is 0.123 e. The normalized spacial score (nSPS) is 12.1. The van der Waals surface area contributed by atoms with E-state index in [0.29, 0.717) is 5.92 Å². The number of hydrogen-bond acceptors (Lipinski definition) is 2. The number of aliphatic hydroxyl groups is 1. The Morgan fingerprint density at radius 3 is 2.04 bits per heavy atom. The first-order chi connectivity index (χ1) is 12.8. The smallest absolute Gasteiger partial charge is 0.123 e. The van der Waals surface area contributed by atoms with Gasteiger partial charge in [-0.3, -0.25) is 4.98 Å².